The molecule has 6 nitrogen and oxygen atoms in total. The summed E-state index contributed by atoms with van der Waals surface area (Å²) in [4.78, 5) is 24.3. The van der Waals surface area contributed by atoms with Gasteiger partial charge in [0.1, 0.15) is 6.04 Å². The van der Waals surface area contributed by atoms with E-state index in [1.165, 1.54) is 13.2 Å². The van der Waals surface area contributed by atoms with Crippen LogP contribution in [0.4, 0.5) is 5.69 Å². The van der Waals surface area contributed by atoms with Crippen molar-refractivity contribution in [1.29, 1.82) is 0 Å². The average molecular weight is 278 g/mol. The SMILES string of the molecule is COC(=O)C1CCCN1Cc1cccc([N+](=O)[O-])c1C. The first-order chi connectivity index (χ1) is 9.54. The summed E-state index contributed by atoms with van der Waals surface area (Å²) in [6.45, 7) is 3.09. The van der Waals surface area contributed by atoms with Crippen molar-refractivity contribution in [2.45, 2.75) is 32.4 Å². The van der Waals surface area contributed by atoms with Crippen LogP contribution in [0.3, 0.4) is 0 Å². The molecule has 0 N–H and O–H groups in total. The van der Waals surface area contributed by atoms with Crippen molar-refractivity contribution in [2.24, 2.45) is 0 Å². The minimum absolute atomic E-state index is 0.122. The van der Waals surface area contributed by atoms with Crippen molar-refractivity contribution in [1.82, 2.24) is 4.90 Å². The van der Waals surface area contributed by atoms with E-state index in [2.05, 4.69) is 0 Å². The van der Waals surface area contributed by atoms with E-state index in [4.69, 9.17) is 4.74 Å². The highest BCUT2D eigenvalue weighted by Gasteiger charge is 2.31. The topological polar surface area (TPSA) is 72.7 Å². The van der Waals surface area contributed by atoms with Gasteiger partial charge in [0.15, 0.2) is 0 Å². The summed E-state index contributed by atoms with van der Waals surface area (Å²) in [7, 11) is 1.39. The highest BCUT2D eigenvalue weighted by atomic mass is 16.6. The van der Waals surface area contributed by atoms with E-state index in [1.54, 1.807) is 13.0 Å². The second-order valence-electron chi connectivity index (χ2n) is 4.97. The third-order valence-corrected chi connectivity index (χ3v) is 3.82. The summed E-state index contributed by atoms with van der Waals surface area (Å²) >= 11 is 0. The lowest BCUT2D eigenvalue weighted by Gasteiger charge is -2.23. The molecule has 1 fully saturated rings. The van der Waals surface area contributed by atoms with Gasteiger partial charge in [-0.1, -0.05) is 12.1 Å². The average Bonchev–Trinajstić information content (AvgIpc) is 2.88. The lowest BCUT2D eigenvalue weighted by molar-refractivity contribution is -0.385. The number of nitro benzene ring substituents is 1. The smallest absolute Gasteiger partial charge is 0.323 e. The molecular weight excluding hydrogens is 260 g/mol. The first-order valence-corrected chi connectivity index (χ1v) is 6.59. The second kappa shape index (κ2) is 6.00. The molecule has 108 valence electrons. The molecule has 1 aliphatic heterocycles. The highest BCUT2D eigenvalue weighted by molar-refractivity contribution is 5.76. The zero-order valence-electron chi connectivity index (χ0n) is 11.7. The molecule has 1 aromatic rings. The number of benzene rings is 1. The maximum Gasteiger partial charge on any atom is 0.323 e. The summed E-state index contributed by atoms with van der Waals surface area (Å²) < 4.78 is 4.81. The van der Waals surface area contributed by atoms with Gasteiger partial charge in [0.25, 0.3) is 5.69 Å². The van der Waals surface area contributed by atoms with Gasteiger partial charge in [-0.3, -0.25) is 19.8 Å². The lowest BCUT2D eigenvalue weighted by Crippen LogP contribution is -2.36. The number of hydrogen-bond donors (Lipinski definition) is 0. The van der Waals surface area contributed by atoms with Gasteiger partial charge in [0, 0.05) is 18.2 Å². The number of nitrogens with zero attached hydrogens (tertiary/aromatic N) is 2. The fourth-order valence-corrected chi connectivity index (χ4v) is 2.68. The van der Waals surface area contributed by atoms with Gasteiger partial charge in [0.05, 0.1) is 12.0 Å². The number of carbonyl (C=O) groups is 1. The molecule has 0 amide bonds. The summed E-state index contributed by atoms with van der Waals surface area (Å²) in [5.41, 5.74) is 1.67. The van der Waals surface area contributed by atoms with Crippen LogP contribution in [0.5, 0.6) is 0 Å². The van der Waals surface area contributed by atoms with Crippen LogP contribution in [0.2, 0.25) is 0 Å². The number of carbonyl (C=O) groups excluding carboxylic acids is 1. The summed E-state index contributed by atoms with van der Waals surface area (Å²) in [5, 5.41) is 10.9. The Labute approximate surface area is 117 Å². The Bertz CT molecular complexity index is 530. The first kappa shape index (κ1) is 14.5. The Morgan fingerprint density at radius 3 is 2.95 bits per heavy atom. The van der Waals surface area contributed by atoms with Crippen molar-refractivity contribution in [2.75, 3.05) is 13.7 Å². The molecule has 0 radical (unpaired) electrons. The standard InChI is InChI=1S/C14H18N2O4/c1-10-11(5-3-6-12(10)16(18)19)9-15-8-4-7-13(15)14(17)20-2/h3,5-6,13H,4,7-9H2,1-2H3. The van der Waals surface area contributed by atoms with Gasteiger partial charge in [-0.05, 0) is 31.9 Å². The predicted molar refractivity (Wildman–Crippen MR) is 73.3 cm³/mol. The Morgan fingerprint density at radius 2 is 2.30 bits per heavy atom. The molecule has 6 heteroatoms. The summed E-state index contributed by atoms with van der Waals surface area (Å²) in [6.07, 6.45) is 1.72. The molecule has 1 atom stereocenters. The minimum Gasteiger partial charge on any atom is -0.468 e. The van der Waals surface area contributed by atoms with Crippen LogP contribution in [0.25, 0.3) is 0 Å². The Kier molecular flexibility index (Phi) is 4.34. The van der Waals surface area contributed by atoms with Gasteiger partial charge in [0.2, 0.25) is 0 Å². The maximum absolute atomic E-state index is 11.7. The molecule has 0 spiro atoms. The van der Waals surface area contributed by atoms with Crippen LogP contribution in [-0.2, 0) is 16.1 Å². The van der Waals surface area contributed by atoms with E-state index in [0.29, 0.717) is 12.1 Å². The Morgan fingerprint density at radius 1 is 1.55 bits per heavy atom. The van der Waals surface area contributed by atoms with Gasteiger partial charge in [-0.2, -0.15) is 0 Å². The molecule has 0 aliphatic carbocycles. The fourth-order valence-electron chi connectivity index (χ4n) is 2.68. The molecule has 1 unspecified atom stereocenters. The van der Waals surface area contributed by atoms with Crippen molar-refractivity contribution in [3.05, 3.63) is 39.4 Å². The molecular formula is C14H18N2O4. The van der Waals surface area contributed by atoms with Gasteiger partial charge < -0.3 is 4.74 Å². The number of methoxy groups -OCH3 is 1. The highest BCUT2D eigenvalue weighted by Crippen LogP contribution is 2.26. The zero-order chi connectivity index (χ0) is 14.7. The van der Waals surface area contributed by atoms with Crippen LogP contribution < -0.4 is 0 Å². The molecule has 20 heavy (non-hydrogen) atoms. The molecule has 0 saturated carbocycles. The number of hydrogen-bond acceptors (Lipinski definition) is 5. The largest absolute Gasteiger partial charge is 0.468 e. The van der Waals surface area contributed by atoms with Gasteiger partial charge in [-0.25, -0.2) is 0 Å². The van der Waals surface area contributed by atoms with Crippen molar-refractivity contribution >= 4 is 11.7 Å². The number of rotatable bonds is 4. The van der Waals surface area contributed by atoms with E-state index >= 15 is 0 Å². The molecule has 0 aromatic heterocycles. The van der Waals surface area contributed by atoms with Gasteiger partial charge in [-0.15, -0.1) is 0 Å². The van der Waals surface area contributed by atoms with Crippen LogP contribution in [-0.4, -0.2) is 35.5 Å². The van der Waals surface area contributed by atoms with Crippen LogP contribution in [0, 0.1) is 17.0 Å². The Balaban J connectivity index is 2.20. The molecule has 0 bridgehead atoms. The van der Waals surface area contributed by atoms with Crippen molar-refractivity contribution in [3.8, 4) is 0 Å². The summed E-state index contributed by atoms with van der Waals surface area (Å²) in [6, 6.07) is 4.82. The molecule has 1 heterocycles. The van der Waals surface area contributed by atoms with Crippen molar-refractivity contribution < 1.29 is 14.5 Å². The second-order valence-corrected chi connectivity index (χ2v) is 4.97. The van der Waals surface area contributed by atoms with E-state index in [9.17, 15) is 14.9 Å². The molecule has 1 aromatic carbocycles. The van der Waals surface area contributed by atoms with Crippen LogP contribution >= 0.6 is 0 Å². The normalized spacial score (nSPS) is 19.0. The summed E-state index contributed by atoms with van der Waals surface area (Å²) in [5.74, 6) is -0.231. The number of nitro groups is 1. The Hall–Kier alpha value is -1.95. The van der Waals surface area contributed by atoms with Crippen LogP contribution in [0.15, 0.2) is 18.2 Å². The number of ether oxygens (including phenoxy) is 1. The molecule has 2 rings (SSSR count). The zero-order valence-corrected chi connectivity index (χ0v) is 11.7. The fraction of sp³-hybridized carbons (Fsp3) is 0.500. The minimum atomic E-state index is -0.374. The third-order valence-electron chi connectivity index (χ3n) is 3.82. The quantitative estimate of drug-likeness (QED) is 0.479. The van der Waals surface area contributed by atoms with E-state index in [-0.39, 0.29) is 22.6 Å². The maximum atomic E-state index is 11.7. The van der Waals surface area contributed by atoms with Crippen LogP contribution in [0.1, 0.15) is 24.0 Å². The monoisotopic (exact) mass is 278 g/mol. The van der Waals surface area contributed by atoms with Crippen molar-refractivity contribution in [3.63, 3.8) is 0 Å². The number of likely N-dealkylation sites (tertiary alicyclic amines) is 1. The van der Waals surface area contributed by atoms with E-state index < -0.39 is 0 Å². The predicted octanol–water partition coefficient (Wildman–Crippen LogP) is 2.04. The molecule has 1 saturated heterocycles. The number of esters is 1. The third kappa shape index (κ3) is 2.80. The lowest BCUT2D eigenvalue weighted by atomic mass is 10.1. The van der Waals surface area contributed by atoms with E-state index in [1.807, 2.05) is 11.0 Å². The first-order valence-electron chi connectivity index (χ1n) is 6.59. The van der Waals surface area contributed by atoms with E-state index in [0.717, 1.165) is 24.9 Å². The molecule has 1 aliphatic rings. The van der Waals surface area contributed by atoms with Gasteiger partial charge >= 0.3 is 5.97 Å².